The Hall–Kier alpha value is -1.29. The SMILES string of the molecule is Nc1ncccc1NC1CCNCC1. The van der Waals surface area contributed by atoms with Crippen molar-refractivity contribution in [3.63, 3.8) is 0 Å². The van der Waals surface area contributed by atoms with Gasteiger partial charge in [-0.15, -0.1) is 0 Å². The van der Waals surface area contributed by atoms with Gasteiger partial charge < -0.3 is 16.4 Å². The van der Waals surface area contributed by atoms with E-state index in [1.807, 2.05) is 12.1 Å². The lowest BCUT2D eigenvalue weighted by atomic mass is 10.1. The lowest BCUT2D eigenvalue weighted by molar-refractivity contribution is 0.479. The van der Waals surface area contributed by atoms with E-state index in [-0.39, 0.29) is 0 Å². The van der Waals surface area contributed by atoms with Gasteiger partial charge in [0.2, 0.25) is 0 Å². The van der Waals surface area contributed by atoms with E-state index in [2.05, 4.69) is 15.6 Å². The highest BCUT2D eigenvalue weighted by Gasteiger charge is 2.13. The zero-order chi connectivity index (χ0) is 9.80. The maximum Gasteiger partial charge on any atom is 0.146 e. The number of nitrogen functional groups attached to an aromatic ring is 1. The summed E-state index contributed by atoms with van der Waals surface area (Å²) < 4.78 is 0. The number of piperidine rings is 1. The number of hydrogen-bond acceptors (Lipinski definition) is 4. The average molecular weight is 192 g/mol. The summed E-state index contributed by atoms with van der Waals surface area (Å²) in [5, 5.41) is 6.75. The summed E-state index contributed by atoms with van der Waals surface area (Å²) in [6.45, 7) is 2.16. The number of nitrogens with one attached hydrogen (secondary N) is 2. The van der Waals surface area contributed by atoms with E-state index >= 15 is 0 Å². The Morgan fingerprint density at radius 3 is 2.93 bits per heavy atom. The van der Waals surface area contributed by atoms with Crippen LogP contribution in [0.15, 0.2) is 18.3 Å². The summed E-state index contributed by atoms with van der Waals surface area (Å²) in [6, 6.07) is 4.41. The molecule has 1 aliphatic heterocycles. The number of hydrogen-bond donors (Lipinski definition) is 3. The minimum Gasteiger partial charge on any atom is -0.382 e. The molecule has 1 aromatic rings. The Morgan fingerprint density at radius 1 is 1.43 bits per heavy atom. The minimum absolute atomic E-state index is 0.530. The average Bonchev–Trinajstić information content (AvgIpc) is 2.23. The van der Waals surface area contributed by atoms with Crippen LogP contribution >= 0.6 is 0 Å². The zero-order valence-electron chi connectivity index (χ0n) is 8.16. The van der Waals surface area contributed by atoms with Crippen LogP contribution in [-0.2, 0) is 0 Å². The zero-order valence-corrected chi connectivity index (χ0v) is 8.16. The van der Waals surface area contributed by atoms with Gasteiger partial charge in [-0.05, 0) is 38.1 Å². The van der Waals surface area contributed by atoms with Crippen LogP contribution in [0.4, 0.5) is 11.5 Å². The molecule has 0 saturated carbocycles. The number of nitrogens with zero attached hydrogens (tertiary/aromatic N) is 1. The van der Waals surface area contributed by atoms with Crippen LogP contribution < -0.4 is 16.4 Å². The summed E-state index contributed by atoms with van der Waals surface area (Å²) in [7, 11) is 0. The first-order chi connectivity index (χ1) is 6.86. The van der Waals surface area contributed by atoms with Crippen molar-refractivity contribution in [3.05, 3.63) is 18.3 Å². The second kappa shape index (κ2) is 4.28. The molecule has 1 aliphatic rings. The van der Waals surface area contributed by atoms with Crippen LogP contribution in [0.1, 0.15) is 12.8 Å². The Bertz CT molecular complexity index is 294. The van der Waals surface area contributed by atoms with E-state index in [4.69, 9.17) is 5.73 Å². The molecule has 1 saturated heterocycles. The van der Waals surface area contributed by atoms with Crippen molar-refractivity contribution in [2.75, 3.05) is 24.1 Å². The molecule has 4 N–H and O–H groups in total. The number of nitrogens with two attached hydrogens (primary N) is 1. The molecule has 0 aromatic carbocycles. The van der Waals surface area contributed by atoms with Gasteiger partial charge in [0.1, 0.15) is 5.82 Å². The normalized spacial score (nSPS) is 18.0. The fraction of sp³-hybridized carbons (Fsp3) is 0.500. The predicted octanol–water partition coefficient (Wildman–Crippen LogP) is 0.828. The summed E-state index contributed by atoms with van der Waals surface area (Å²) in [6.07, 6.45) is 4.01. The van der Waals surface area contributed by atoms with Crippen LogP contribution in [0.5, 0.6) is 0 Å². The van der Waals surface area contributed by atoms with Crippen molar-refractivity contribution >= 4 is 11.5 Å². The standard InChI is InChI=1S/C10H16N4/c11-10-9(2-1-5-13-10)14-8-3-6-12-7-4-8/h1-2,5,8,12,14H,3-4,6-7H2,(H2,11,13). The number of anilines is 2. The number of aromatic nitrogens is 1. The van der Waals surface area contributed by atoms with Gasteiger partial charge in [0.25, 0.3) is 0 Å². The lowest BCUT2D eigenvalue weighted by Crippen LogP contribution is -2.35. The topological polar surface area (TPSA) is 63.0 Å². The first-order valence-electron chi connectivity index (χ1n) is 5.04. The van der Waals surface area contributed by atoms with Crippen LogP contribution in [0.25, 0.3) is 0 Å². The van der Waals surface area contributed by atoms with Crippen molar-refractivity contribution in [1.29, 1.82) is 0 Å². The fourth-order valence-corrected chi connectivity index (χ4v) is 1.73. The Kier molecular flexibility index (Phi) is 2.84. The van der Waals surface area contributed by atoms with Gasteiger partial charge in [0.15, 0.2) is 0 Å². The number of pyridine rings is 1. The Balaban J connectivity index is 1.99. The van der Waals surface area contributed by atoms with Crippen molar-refractivity contribution in [1.82, 2.24) is 10.3 Å². The van der Waals surface area contributed by atoms with E-state index in [1.54, 1.807) is 6.20 Å². The quantitative estimate of drug-likeness (QED) is 0.649. The lowest BCUT2D eigenvalue weighted by Gasteiger charge is -2.24. The molecular weight excluding hydrogens is 176 g/mol. The highest BCUT2D eigenvalue weighted by molar-refractivity contribution is 5.61. The smallest absolute Gasteiger partial charge is 0.146 e. The largest absolute Gasteiger partial charge is 0.382 e. The predicted molar refractivity (Wildman–Crippen MR) is 58.2 cm³/mol. The molecule has 2 rings (SSSR count). The van der Waals surface area contributed by atoms with Crippen molar-refractivity contribution in [3.8, 4) is 0 Å². The van der Waals surface area contributed by atoms with E-state index in [0.29, 0.717) is 11.9 Å². The molecule has 0 atom stereocenters. The van der Waals surface area contributed by atoms with Crippen LogP contribution in [-0.4, -0.2) is 24.1 Å². The molecule has 0 aliphatic carbocycles. The molecule has 2 heterocycles. The molecule has 0 unspecified atom stereocenters. The monoisotopic (exact) mass is 192 g/mol. The highest BCUT2D eigenvalue weighted by atomic mass is 15.0. The molecule has 0 amide bonds. The Labute approximate surface area is 83.9 Å². The van der Waals surface area contributed by atoms with Gasteiger partial charge in [-0.2, -0.15) is 0 Å². The summed E-state index contributed by atoms with van der Waals surface area (Å²) in [5.74, 6) is 0.589. The van der Waals surface area contributed by atoms with Gasteiger partial charge in [0.05, 0.1) is 5.69 Å². The van der Waals surface area contributed by atoms with Gasteiger partial charge >= 0.3 is 0 Å². The summed E-state index contributed by atoms with van der Waals surface area (Å²) in [4.78, 5) is 4.04. The summed E-state index contributed by atoms with van der Waals surface area (Å²) in [5.41, 5.74) is 6.71. The number of rotatable bonds is 2. The minimum atomic E-state index is 0.530. The van der Waals surface area contributed by atoms with Gasteiger partial charge in [-0.3, -0.25) is 0 Å². The molecule has 0 spiro atoms. The van der Waals surface area contributed by atoms with Crippen molar-refractivity contribution in [2.45, 2.75) is 18.9 Å². The van der Waals surface area contributed by atoms with Gasteiger partial charge in [-0.1, -0.05) is 0 Å². The molecule has 0 bridgehead atoms. The van der Waals surface area contributed by atoms with E-state index in [9.17, 15) is 0 Å². The molecule has 0 radical (unpaired) electrons. The first-order valence-corrected chi connectivity index (χ1v) is 5.04. The van der Waals surface area contributed by atoms with E-state index in [0.717, 1.165) is 31.6 Å². The van der Waals surface area contributed by atoms with Crippen LogP contribution in [0.3, 0.4) is 0 Å². The van der Waals surface area contributed by atoms with Crippen molar-refractivity contribution in [2.24, 2.45) is 0 Å². The van der Waals surface area contributed by atoms with E-state index < -0.39 is 0 Å². The van der Waals surface area contributed by atoms with Gasteiger partial charge in [-0.25, -0.2) is 4.98 Å². The van der Waals surface area contributed by atoms with Crippen molar-refractivity contribution < 1.29 is 0 Å². The molecule has 4 heteroatoms. The highest BCUT2D eigenvalue weighted by Crippen LogP contribution is 2.17. The molecule has 14 heavy (non-hydrogen) atoms. The summed E-state index contributed by atoms with van der Waals surface area (Å²) >= 11 is 0. The third-order valence-corrected chi connectivity index (χ3v) is 2.54. The second-order valence-electron chi connectivity index (χ2n) is 3.60. The third-order valence-electron chi connectivity index (χ3n) is 2.54. The van der Waals surface area contributed by atoms with Crippen LogP contribution in [0, 0.1) is 0 Å². The fourth-order valence-electron chi connectivity index (χ4n) is 1.73. The third kappa shape index (κ3) is 2.14. The maximum atomic E-state index is 5.75. The van der Waals surface area contributed by atoms with Crippen LogP contribution in [0.2, 0.25) is 0 Å². The molecule has 76 valence electrons. The molecule has 1 aromatic heterocycles. The molecular formula is C10H16N4. The van der Waals surface area contributed by atoms with E-state index in [1.165, 1.54) is 0 Å². The molecule has 1 fully saturated rings. The first kappa shape index (κ1) is 9.27. The maximum absolute atomic E-state index is 5.75. The van der Waals surface area contributed by atoms with Gasteiger partial charge in [0, 0.05) is 12.2 Å². The molecule has 4 nitrogen and oxygen atoms in total. The second-order valence-corrected chi connectivity index (χ2v) is 3.60. The Morgan fingerprint density at radius 2 is 2.21 bits per heavy atom.